The summed E-state index contributed by atoms with van der Waals surface area (Å²) in [5, 5.41) is 17.9. The van der Waals surface area contributed by atoms with Gasteiger partial charge in [-0.1, -0.05) is 18.2 Å². The van der Waals surface area contributed by atoms with Crippen molar-refractivity contribution < 1.29 is 14.6 Å². The van der Waals surface area contributed by atoms with Gasteiger partial charge in [0, 0.05) is 17.7 Å². The normalized spacial score (nSPS) is 18.5. The average Bonchev–Trinajstić information content (AvgIpc) is 2.97. The lowest BCUT2D eigenvalue weighted by molar-refractivity contribution is 0.0685. The topological polar surface area (TPSA) is 72.3 Å². The molecule has 1 N–H and O–H groups in total. The molecule has 0 amide bonds. The number of rotatable bonds is 4. The van der Waals surface area contributed by atoms with Crippen LogP contribution in [0.5, 0.6) is 0 Å². The molecule has 1 atom stereocenters. The molecule has 6 heteroatoms. The zero-order valence-corrected chi connectivity index (χ0v) is 11.6. The fraction of sp³-hybridized carbons (Fsp3) is 0.357. The minimum Gasteiger partial charge on any atom is -0.476 e. The standard InChI is InChI=1S/C14H14N2O3S/c17-14(18)12-13(20-8-9-4-3-7-19-9)10-5-1-2-6-11(10)15-16-12/h1-2,5-6,9H,3-4,7-8H2,(H,17,18). The Bertz CT molecular complexity index is 641. The van der Waals surface area contributed by atoms with Gasteiger partial charge in [0.25, 0.3) is 0 Å². The lowest BCUT2D eigenvalue weighted by atomic mass is 10.2. The van der Waals surface area contributed by atoms with Crippen molar-refractivity contribution in [3.8, 4) is 0 Å². The van der Waals surface area contributed by atoms with Crippen LogP contribution >= 0.6 is 11.8 Å². The van der Waals surface area contributed by atoms with Gasteiger partial charge in [-0.3, -0.25) is 0 Å². The maximum Gasteiger partial charge on any atom is 0.357 e. The lowest BCUT2D eigenvalue weighted by Crippen LogP contribution is -2.10. The summed E-state index contributed by atoms with van der Waals surface area (Å²) in [6, 6.07) is 7.47. The fourth-order valence-electron chi connectivity index (χ4n) is 2.27. The van der Waals surface area contributed by atoms with Gasteiger partial charge in [-0.25, -0.2) is 4.79 Å². The molecular formula is C14H14N2O3S. The van der Waals surface area contributed by atoms with E-state index in [9.17, 15) is 9.90 Å². The van der Waals surface area contributed by atoms with Gasteiger partial charge >= 0.3 is 5.97 Å². The first-order valence-electron chi connectivity index (χ1n) is 6.49. The molecule has 1 aliphatic rings. The number of nitrogens with zero attached hydrogens (tertiary/aromatic N) is 2. The van der Waals surface area contributed by atoms with Gasteiger partial charge in [-0.15, -0.1) is 22.0 Å². The lowest BCUT2D eigenvalue weighted by Gasteiger charge is -2.11. The Balaban J connectivity index is 1.96. The summed E-state index contributed by atoms with van der Waals surface area (Å²) in [5.41, 5.74) is 0.735. The monoisotopic (exact) mass is 290 g/mol. The highest BCUT2D eigenvalue weighted by molar-refractivity contribution is 7.99. The van der Waals surface area contributed by atoms with E-state index in [-0.39, 0.29) is 11.8 Å². The number of aromatic nitrogens is 2. The van der Waals surface area contributed by atoms with E-state index in [0.717, 1.165) is 30.6 Å². The highest BCUT2D eigenvalue weighted by atomic mass is 32.2. The number of thioether (sulfide) groups is 1. The molecule has 0 aliphatic carbocycles. The molecule has 2 heterocycles. The smallest absolute Gasteiger partial charge is 0.357 e. The van der Waals surface area contributed by atoms with Gasteiger partial charge in [0.05, 0.1) is 16.5 Å². The zero-order chi connectivity index (χ0) is 13.9. The van der Waals surface area contributed by atoms with Crippen molar-refractivity contribution in [1.82, 2.24) is 10.2 Å². The van der Waals surface area contributed by atoms with Gasteiger partial charge in [0.1, 0.15) is 0 Å². The number of hydrogen-bond acceptors (Lipinski definition) is 5. The Labute approximate surface area is 120 Å². The molecule has 2 aromatic rings. The molecule has 0 spiro atoms. The number of carbonyl (C=O) groups is 1. The first-order valence-corrected chi connectivity index (χ1v) is 7.47. The summed E-state index contributed by atoms with van der Waals surface area (Å²) in [6.07, 6.45) is 2.31. The van der Waals surface area contributed by atoms with Crippen molar-refractivity contribution in [2.75, 3.05) is 12.4 Å². The number of carboxylic acid groups (broad SMARTS) is 1. The molecule has 1 fully saturated rings. The third-order valence-corrected chi connectivity index (χ3v) is 4.50. The van der Waals surface area contributed by atoms with Gasteiger partial charge in [-0.05, 0) is 18.9 Å². The molecule has 1 aliphatic heterocycles. The van der Waals surface area contributed by atoms with E-state index in [2.05, 4.69) is 10.2 Å². The van der Waals surface area contributed by atoms with Crippen molar-refractivity contribution in [1.29, 1.82) is 0 Å². The Kier molecular flexibility index (Phi) is 3.84. The van der Waals surface area contributed by atoms with Crippen LogP contribution in [0, 0.1) is 0 Å². The molecule has 1 aromatic carbocycles. The number of benzene rings is 1. The number of carboxylic acids is 1. The van der Waals surface area contributed by atoms with Crippen LogP contribution in [0.3, 0.4) is 0 Å². The van der Waals surface area contributed by atoms with Crippen LogP contribution in [0.4, 0.5) is 0 Å². The Morgan fingerprint density at radius 1 is 1.40 bits per heavy atom. The van der Waals surface area contributed by atoms with Gasteiger partial charge in [-0.2, -0.15) is 0 Å². The van der Waals surface area contributed by atoms with E-state index in [4.69, 9.17) is 4.74 Å². The molecule has 104 valence electrons. The molecule has 1 unspecified atom stereocenters. The molecule has 20 heavy (non-hydrogen) atoms. The van der Waals surface area contributed by atoms with Crippen LogP contribution in [-0.4, -0.2) is 39.7 Å². The molecule has 3 rings (SSSR count). The summed E-state index contributed by atoms with van der Waals surface area (Å²) >= 11 is 1.49. The third-order valence-electron chi connectivity index (χ3n) is 3.26. The van der Waals surface area contributed by atoms with E-state index in [0.29, 0.717) is 10.4 Å². The van der Waals surface area contributed by atoms with E-state index < -0.39 is 5.97 Å². The van der Waals surface area contributed by atoms with Crippen molar-refractivity contribution in [3.63, 3.8) is 0 Å². The molecule has 1 saturated heterocycles. The van der Waals surface area contributed by atoms with Crippen molar-refractivity contribution in [2.24, 2.45) is 0 Å². The SMILES string of the molecule is O=C(O)c1nnc2ccccc2c1SCC1CCCO1. The van der Waals surface area contributed by atoms with Crippen LogP contribution < -0.4 is 0 Å². The molecule has 0 bridgehead atoms. The average molecular weight is 290 g/mol. The van der Waals surface area contributed by atoms with Gasteiger partial charge in [0.15, 0.2) is 5.69 Å². The third kappa shape index (κ3) is 2.62. The van der Waals surface area contributed by atoms with Crippen molar-refractivity contribution >= 4 is 28.6 Å². The number of hydrogen-bond donors (Lipinski definition) is 1. The van der Waals surface area contributed by atoms with Crippen LogP contribution in [-0.2, 0) is 4.74 Å². The van der Waals surface area contributed by atoms with Crippen molar-refractivity contribution in [2.45, 2.75) is 23.8 Å². The number of fused-ring (bicyclic) bond motifs is 1. The Hall–Kier alpha value is -1.66. The van der Waals surface area contributed by atoms with Gasteiger partial charge < -0.3 is 9.84 Å². The number of aromatic carboxylic acids is 1. The van der Waals surface area contributed by atoms with Crippen LogP contribution in [0.15, 0.2) is 29.2 Å². The maximum atomic E-state index is 11.3. The second-order valence-electron chi connectivity index (χ2n) is 4.65. The summed E-state index contributed by atoms with van der Waals surface area (Å²) < 4.78 is 5.58. The maximum absolute atomic E-state index is 11.3. The molecule has 1 aromatic heterocycles. The second kappa shape index (κ2) is 5.76. The van der Waals surface area contributed by atoms with E-state index in [1.807, 2.05) is 24.3 Å². The highest BCUT2D eigenvalue weighted by Crippen LogP contribution is 2.31. The minimum atomic E-state index is -1.04. The van der Waals surface area contributed by atoms with E-state index >= 15 is 0 Å². The summed E-state index contributed by atoms with van der Waals surface area (Å²) in [5.74, 6) is -0.297. The molecule has 5 nitrogen and oxygen atoms in total. The first-order chi connectivity index (χ1) is 9.75. The van der Waals surface area contributed by atoms with Gasteiger partial charge in [0.2, 0.25) is 0 Å². The number of ether oxygens (including phenoxy) is 1. The molecular weight excluding hydrogens is 276 g/mol. The Morgan fingerprint density at radius 2 is 2.25 bits per heavy atom. The Morgan fingerprint density at radius 3 is 3.00 bits per heavy atom. The zero-order valence-electron chi connectivity index (χ0n) is 10.8. The van der Waals surface area contributed by atoms with E-state index in [1.165, 1.54) is 11.8 Å². The summed E-state index contributed by atoms with van der Waals surface area (Å²) in [7, 11) is 0. The van der Waals surface area contributed by atoms with Crippen LogP contribution in [0.25, 0.3) is 10.9 Å². The van der Waals surface area contributed by atoms with E-state index in [1.54, 1.807) is 0 Å². The van der Waals surface area contributed by atoms with Crippen LogP contribution in [0.1, 0.15) is 23.3 Å². The highest BCUT2D eigenvalue weighted by Gasteiger charge is 2.20. The predicted molar refractivity (Wildman–Crippen MR) is 76.2 cm³/mol. The molecule has 0 radical (unpaired) electrons. The fourth-order valence-corrected chi connectivity index (χ4v) is 3.48. The largest absolute Gasteiger partial charge is 0.476 e. The van der Waals surface area contributed by atoms with Crippen LogP contribution in [0.2, 0.25) is 0 Å². The molecule has 0 saturated carbocycles. The summed E-state index contributed by atoms with van der Waals surface area (Å²) in [6.45, 7) is 0.798. The summed E-state index contributed by atoms with van der Waals surface area (Å²) in [4.78, 5) is 12.0. The minimum absolute atomic E-state index is 0.0201. The first kappa shape index (κ1) is 13.3. The van der Waals surface area contributed by atoms with Crippen molar-refractivity contribution in [3.05, 3.63) is 30.0 Å². The second-order valence-corrected chi connectivity index (χ2v) is 5.68. The quantitative estimate of drug-likeness (QED) is 0.873. The predicted octanol–water partition coefficient (Wildman–Crippen LogP) is 2.60.